The highest BCUT2D eigenvalue weighted by atomic mass is 32.2. The lowest BCUT2D eigenvalue weighted by molar-refractivity contribution is 0.335. The highest BCUT2D eigenvalue weighted by Gasteiger charge is 2.24. The van der Waals surface area contributed by atoms with E-state index in [-0.39, 0.29) is 4.90 Å². The molecular formula is C22H22FN3O2S. The van der Waals surface area contributed by atoms with Crippen molar-refractivity contribution in [2.24, 2.45) is 7.05 Å². The van der Waals surface area contributed by atoms with Gasteiger partial charge in [-0.1, -0.05) is 25.1 Å². The Morgan fingerprint density at radius 2 is 1.86 bits per heavy atom. The Hall–Kier alpha value is -2.93. The summed E-state index contributed by atoms with van der Waals surface area (Å²) in [7, 11) is -1.99. The van der Waals surface area contributed by atoms with Gasteiger partial charge in [-0.3, -0.25) is 4.68 Å². The van der Waals surface area contributed by atoms with E-state index in [0.29, 0.717) is 23.2 Å². The minimum atomic E-state index is -3.80. The predicted octanol–water partition coefficient (Wildman–Crippen LogP) is 5.01. The zero-order chi connectivity index (χ0) is 20.8. The van der Waals surface area contributed by atoms with Gasteiger partial charge in [0.05, 0.1) is 16.6 Å². The van der Waals surface area contributed by atoms with Gasteiger partial charge in [0, 0.05) is 29.9 Å². The Kier molecular flexibility index (Phi) is 4.78. The average Bonchev–Trinajstić information content (AvgIpc) is 3.29. The fourth-order valence-corrected chi connectivity index (χ4v) is 5.25. The van der Waals surface area contributed by atoms with E-state index < -0.39 is 16.2 Å². The van der Waals surface area contributed by atoms with E-state index >= 15 is 0 Å². The molecule has 4 aromatic rings. The van der Waals surface area contributed by atoms with Crippen molar-refractivity contribution in [3.63, 3.8) is 0 Å². The third-order valence-electron chi connectivity index (χ3n) is 5.10. The van der Waals surface area contributed by atoms with Crippen molar-refractivity contribution in [2.45, 2.75) is 31.3 Å². The van der Waals surface area contributed by atoms with E-state index in [1.54, 1.807) is 61.1 Å². The summed E-state index contributed by atoms with van der Waals surface area (Å²) in [6, 6.07) is 13.6. The van der Waals surface area contributed by atoms with Gasteiger partial charge in [0.25, 0.3) is 10.0 Å². The van der Waals surface area contributed by atoms with Crippen LogP contribution in [0.3, 0.4) is 0 Å². The number of fused-ring (bicyclic) bond motifs is 1. The number of hydrogen-bond donors (Lipinski definition) is 0. The summed E-state index contributed by atoms with van der Waals surface area (Å²) in [5.74, 6) is 0. The first-order valence-corrected chi connectivity index (χ1v) is 10.9. The smallest absolute Gasteiger partial charge is 0.268 e. The second-order valence-electron chi connectivity index (χ2n) is 7.14. The molecule has 0 spiro atoms. The average molecular weight is 412 g/mol. The molecular weight excluding hydrogens is 389 g/mol. The molecule has 1 atom stereocenters. The van der Waals surface area contributed by atoms with Gasteiger partial charge in [-0.15, -0.1) is 0 Å². The predicted molar refractivity (Wildman–Crippen MR) is 112 cm³/mol. The molecule has 0 N–H and O–H groups in total. The van der Waals surface area contributed by atoms with Crippen molar-refractivity contribution in [3.05, 3.63) is 72.2 Å². The Morgan fingerprint density at radius 3 is 2.48 bits per heavy atom. The van der Waals surface area contributed by atoms with Crippen molar-refractivity contribution in [1.29, 1.82) is 0 Å². The molecule has 0 saturated carbocycles. The van der Waals surface area contributed by atoms with Gasteiger partial charge in [-0.25, -0.2) is 16.8 Å². The summed E-state index contributed by atoms with van der Waals surface area (Å²) < 4.78 is 44.5. The standard InChI is InChI=1S/C22H22FN3O2S/c1-4-21(23)20-12-22-16(11-19(20)17-13-24-25(3)14-17)10-15(2)26(22)29(27,28)18-8-6-5-7-9-18/h5-14,21H,4H2,1-3H3. The number of rotatable bonds is 5. The molecule has 2 aromatic heterocycles. The molecule has 7 heteroatoms. The molecule has 0 radical (unpaired) electrons. The van der Waals surface area contributed by atoms with Gasteiger partial charge in [0.15, 0.2) is 0 Å². The van der Waals surface area contributed by atoms with Gasteiger partial charge in [0.2, 0.25) is 0 Å². The van der Waals surface area contributed by atoms with Crippen LogP contribution in [0.25, 0.3) is 22.0 Å². The van der Waals surface area contributed by atoms with E-state index in [9.17, 15) is 12.8 Å². The Bertz CT molecular complexity index is 1290. The maximum Gasteiger partial charge on any atom is 0.268 e. The maximum atomic E-state index is 14.9. The molecule has 0 fully saturated rings. The molecule has 0 aliphatic carbocycles. The van der Waals surface area contributed by atoms with E-state index in [1.807, 2.05) is 25.4 Å². The third-order valence-corrected chi connectivity index (χ3v) is 6.93. The lowest BCUT2D eigenvalue weighted by Gasteiger charge is -2.14. The fraction of sp³-hybridized carbons (Fsp3) is 0.227. The van der Waals surface area contributed by atoms with Gasteiger partial charge in [-0.2, -0.15) is 5.10 Å². The number of alkyl halides is 1. The van der Waals surface area contributed by atoms with Crippen molar-refractivity contribution < 1.29 is 12.8 Å². The molecule has 0 aliphatic rings. The molecule has 1 unspecified atom stereocenters. The first-order valence-electron chi connectivity index (χ1n) is 9.42. The summed E-state index contributed by atoms with van der Waals surface area (Å²) in [4.78, 5) is 0.200. The van der Waals surface area contributed by atoms with Gasteiger partial charge >= 0.3 is 0 Å². The highest BCUT2D eigenvalue weighted by molar-refractivity contribution is 7.90. The van der Waals surface area contributed by atoms with E-state index in [4.69, 9.17) is 0 Å². The van der Waals surface area contributed by atoms with Gasteiger partial charge < -0.3 is 0 Å². The molecule has 0 aliphatic heterocycles. The molecule has 29 heavy (non-hydrogen) atoms. The lowest BCUT2D eigenvalue weighted by Crippen LogP contribution is -2.14. The van der Waals surface area contributed by atoms with Crippen LogP contribution in [0, 0.1) is 6.92 Å². The Morgan fingerprint density at radius 1 is 1.14 bits per heavy atom. The minimum Gasteiger partial charge on any atom is -0.275 e. The largest absolute Gasteiger partial charge is 0.275 e. The summed E-state index contributed by atoms with van der Waals surface area (Å²) in [5, 5.41) is 4.94. The first-order chi connectivity index (χ1) is 13.8. The molecule has 0 saturated heterocycles. The normalized spacial score (nSPS) is 13.1. The molecule has 5 nitrogen and oxygen atoms in total. The Balaban J connectivity index is 2.01. The summed E-state index contributed by atoms with van der Waals surface area (Å²) in [6.07, 6.45) is 2.61. The lowest BCUT2D eigenvalue weighted by atomic mass is 9.96. The van der Waals surface area contributed by atoms with Crippen LogP contribution in [-0.2, 0) is 17.1 Å². The number of nitrogens with zero attached hydrogens (tertiary/aromatic N) is 3. The monoisotopic (exact) mass is 411 g/mol. The highest BCUT2D eigenvalue weighted by Crippen LogP contribution is 2.37. The molecule has 0 bridgehead atoms. The number of hydrogen-bond acceptors (Lipinski definition) is 3. The summed E-state index contributed by atoms with van der Waals surface area (Å²) in [5.41, 5.74) is 3.05. The molecule has 2 heterocycles. The van der Waals surface area contributed by atoms with E-state index in [0.717, 1.165) is 16.5 Å². The number of aryl methyl sites for hydroxylation is 2. The van der Waals surface area contributed by atoms with Crippen LogP contribution < -0.4 is 0 Å². The summed E-state index contributed by atoms with van der Waals surface area (Å²) >= 11 is 0. The van der Waals surface area contributed by atoms with Crippen LogP contribution in [0.1, 0.15) is 30.8 Å². The molecule has 4 rings (SSSR count). The van der Waals surface area contributed by atoms with Gasteiger partial charge in [0.1, 0.15) is 6.17 Å². The van der Waals surface area contributed by atoms with Crippen LogP contribution in [-0.4, -0.2) is 22.2 Å². The van der Waals surface area contributed by atoms with Crippen LogP contribution in [0.15, 0.2) is 65.8 Å². The molecule has 2 aromatic carbocycles. The zero-order valence-corrected chi connectivity index (χ0v) is 17.3. The van der Waals surface area contributed by atoms with Crippen molar-refractivity contribution in [1.82, 2.24) is 13.8 Å². The van der Waals surface area contributed by atoms with Gasteiger partial charge in [-0.05, 0) is 54.8 Å². The van der Waals surface area contributed by atoms with E-state index in [1.165, 1.54) is 3.97 Å². The van der Waals surface area contributed by atoms with E-state index in [2.05, 4.69) is 5.10 Å². The zero-order valence-electron chi connectivity index (χ0n) is 16.5. The van der Waals surface area contributed by atoms with Crippen molar-refractivity contribution >= 4 is 20.9 Å². The third kappa shape index (κ3) is 3.25. The maximum absolute atomic E-state index is 14.9. The minimum absolute atomic E-state index is 0.200. The SMILES string of the molecule is CCC(F)c1cc2c(cc1-c1cnn(C)c1)cc(C)n2S(=O)(=O)c1ccccc1. The molecule has 150 valence electrons. The van der Waals surface area contributed by atoms with Crippen LogP contribution in [0.2, 0.25) is 0 Å². The van der Waals surface area contributed by atoms with Crippen LogP contribution >= 0.6 is 0 Å². The summed E-state index contributed by atoms with van der Waals surface area (Å²) in [6.45, 7) is 3.52. The quantitative estimate of drug-likeness (QED) is 0.464. The number of aromatic nitrogens is 3. The van der Waals surface area contributed by atoms with Crippen molar-refractivity contribution in [3.8, 4) is 11.1 Å². The first kappa shape index (κ1) is 19.4. The van der Waals surface area contributed by atoms with Crippen LogP contribution in [0.4, 0.5) is 4.39 Å². The topological polar surface area (TPSA) is 56.9 Å². The number of halogens is 1. The van der Waals surface area contributed by atoms with Crippen molar-refractivity contribution in [2.75, 3.05) is 0 Å². The van der Waals surface area contributed by atoms with Crippen LogP contribution in [0.5, 0.6) is 0 Å². The number of benzene rings is 2. The Labute approximate surface area is 169 Å². The fourth-order valence-electron chi connectivity index (χ4n) is 3.69. The molecule has 0 amide bonds. The second kappa shape index (κ2) is 7.15. The second-order valence-corrected chi connectivity index (χ2v) is 8.93.